The first kappa shape index (κ1) is 15.3. The summed E-state index contributed by atoms with van der Waals surface area (Å²) in [7, 11) is 0. The highest BCUT2D eigenvalue weighted by molar-refractivity contribution is 9.10. The first-order chi connectivity index (χ1) is 10.6. The van der Waals surface area contributed by atoms with Crippen LogP contribution in [0.25, 0.3) is 0 Å². The Hall–Kier alpha value is -1.55. The molecule has 0 aliphatic carbocycles. The molecule has 1 aliphatic heterocycles. The van der Waals surface area contributed by atoms with Gasteiger partial charge in [0, 0.05) is 19.2 Å². The Morgan fingerprint density at radius 2 is 1.86 bits per heavy atom. The van der Waals surface area contributed by atoms with Gasteiger partial charge in [-0.25, -0.2) is 0 Å². The van der Waals surface area contributed by atoms with Gasteiger partial charge >= 0.3 is 0 Å². The van der Waals surface area contributed by atoms with Gasteiger partial charge < -0.3 is 9.32 Å². The summed E-state index contributed by atoms with van der Waals surface area (Å²) in [5.41, 5.74) is 2.27. The largest absolute Gasteiger partial charge is 0.438 e. The van der Waals surface area contributed by atoms with E-state index in [1.165, 1.54) is 18.4 Å². The molecule has 3 nitrogen and oxygen atoms in total. The van der Waals surface area contributed by atoms with Gasteiger partial charge in [0.1, 0.15) is 5.76 Å². The molecule has 4 heteroatoms. The molecule has 1 aromatic carbocycles. The summed E-state index contributed by atoms with van der Waals surface area (Å²) in [5, 5.41) is 0. The van der Waals surface area contributed by atoms with E-state index >= 15 is 0 Å². The molecular formula is C18H21BrN2O. The number of aliphatic imine (C=N–C) groups is 1. The third kappa shape index (κ3) is 3.43. The van der Waals surface area contributed by atoms with Gasteiger partial charge in [-0.2, -0.15) is 0 Å². The topological polar surface area (TPSA) is 28.7 Å². The van der Waals surface area contributed by atoms with Crippen molar-refractivity contribution in [3.8, 4) is 0 Å². The molecule has 1 aliphatic rings. The zero-order valence-corrected chi connectivity index (χ0v) is 14.6. The van der Waals surface area contributed by atoms with E-state index in [2.05, 4.69) is 51.8 Å². The van der Waals surface area contributed by atoms with E-state index in [0.29, 0.717) is 5.92 Å². The first-order valence-electron chi connectivity index (χ1n) is 7.82. The minimum absolute atomic E-state index is 0.544. The number of benzene rings is 1. The summed E-state index contributed by atoms with van der Waals surface area (Å²) < 4.78 is 6.92. The lowest BCUT2D eigenvalue weighted by Gasteiger charge is -2.13. The molecule has 1 fully saturated rings. The zero-order chi connectivity index (χ0) is 15.5. The van der Waals surface area contributed by atoms with Crippen LogP contribution in [0.4, 0.5) is 11.6 Å². The van der Waals surface area contributed by atoms with Crippen LogP contribution < -0.4 is 4.90 Å². The maximum atomic E-state index is 5.91. The normalized spacial score (nSPS) is 15.4. The number of hydrogen-bond acceptors (Lipinski definition) is 3. The molecule has 0 unspecified atom stereocenters. The molecule has 0 N–H and O–H groups in total. The lowest BCUT2D eigenvalue weighted by Crippen LogP contribution is -2.17. The van der Waals surface area contributed by atoms with Crippen molar-refractivity contribution in [1.29, 1.82) is 0 Å². The summed E-state index contributed by atoms with van der Waals surface area (Å²) >= 11 is 3.58. The van der Waals surface area contributed by atoms with E-state index in [9.17, 15) is 0 Å². The quantitative estimate of drug-likeness (QED) is 0.671. The standard InChI is InChI=1S/C18H21BrN2O/c1-13(2)14-5-7-15(8-6-14)20-12-16-11-17(19)18(22-16)21-9-3-4-10-21/h5-8,11-13H,3-4,9-10H2,1-2H3. The van der Waals surface area contributed by atoms with E-state index < -0.39 is 0 Å². The van der Waals surface area contributed by atoms with E-state index in [1.54, 1.807) is 6.21 Å². The van der Waals surface area contributed by atoms with Gasteiger partial charge in [-0.05, 0) is 52.4 Å². The summed E-state index contributed by atoms with van der Waals surface area (Å²) in [6.07, 6.45) is 4.26. The van der Waals surface area contributed by atoms with Crippen LogP contribution in [0.15, 0.2) is 44.2 Å². The SMILES string of the molecule is CC(C)c1ccc(N=Cc2cc(Br)c(N3CCCC3)o2)cc1. The molecule has 1 saturated heterocycles. The lowest BCUT2D eigenvalue weighted by atomic mass is 10.0. The van der Waals surface area contributed by atoms with E-state index in [0.717, 1.165) is 34.9 Å². The second kappa shape index (κ2) is 6.69. The molecule has 0 radical (unpaired) electrons. The first-order valence-corrected chi connectivity index (χ1v) is 8.61. The molecule has 2 aromatic rings. The molecule has 0 spiro atoms. The van der Waals surface area contributed by atoms with Crippen LogP contribution in [0.2, 0.25) is 0 Å². The third-order valence-electron chi connectivity index (χ3n) is 3.98. The van der Waals surface area contributed by atoms with Crippen LogP contribution in [0.3, 0.4) is 0 Å². The van der Waals surface area contributed by atoms with Gasteiger partial charge in [-0.1, -0.05) is 26.0 Å². The van der Waals surface area contributed by atoms with Crippen LogP contribution in [-0.4, -0.2) is 19.3 Å². The van der Waals surface area contributed by atoms with E-state index in [1.807, 2.05) is 18.2 Å². The number of hydrogen-bond donors (Lipinski definition) is 0. The molecular weight excluding hydrogens is 340 g/mol. The molecule has 0 amide bonds. The lowest BCUT2D eigenvalue weighted by molar-refractivity contribution is 0.549. The van der Waals surface area contributed by atoms with E-state index in [4.69, 9.17) is 4.42 Å². The second-order valence-electron chi connectivity index (χ2n) is 6.00. The van der Waals surface area contributed by atoms with Crippen molar-refractivity contribution in [3.05, 3.63) is 46.1 Å². The van der Waals surface area contributed by atoms with Gasteiger partial charge in [0.2, 0.25) is 5.88 Å². The van der Waals surface area contributed by atoms with Gasteiger partial charge in [-0.15, -0.1) is 0 Å². The van der Waals surface area contributed by atoms with Crippen LogP contribution >= 0.6 is 15.9 Å². The predicted molar refractivity (Wildman–Crippen MR) is 95.6 cm³/mol. The van der Waals surface area contributed by atoms with Gasteiger partial charge in [0.25, 0.3) is 0 Å². The number of nitrogens with zero attached hydrogens (tertiary/aromatic N) is 2. The molecule has 2 heterocycles. The summed E-state index contributed by atoms with van der Waals surface area (Å²) in [5.74, 6) is 2.25. The Balaban J connectivity index is 1.73. The highest BCUT2D eigenvalue weighted by Crippen LogP contribution is 2.32. The smallest absolute Gasteiger partial charge is 0.210 e. The van der Waals surface area contributed by atoms with Crippen molar-refractivity contribution in [2.45, 2.75) is 32.6 Å². The fourth-order valence-electron chi connectivity index (χ4n) is 2.66. The number of anilines is 1. The maximum Gasteiger partial charge on any atom is 0.210 e. The molecule has 22 heavy (non-hydrogen) atoms. The second-order valence-corrected chi connectivity index (χ2v) is 6.85. The van der Waals surface area contributed by atoms with Gasteiger partial charge in [-0.3, -0.25) is 4.99 Å². The Morgan fingerprint density at radius 3 is 2.50 bits per heavy atom. The minimum atomic E-state index is 0.544. The highest BCUT2D eigenvalue weighted by atomic mass is 79.9. The number of halogens is 1. The summed E-state index contributed by atoms with van der Waals surface area (Å²) in [6, 6.07) is 10.3. The molecule has 0 atom stereocenters. The van der Waals surface area contributed by atoms with Gasteiger partial charge in [0.15, 0.2) is 0 Å². The fourth-order valence-corrected chi connectivity index (χ4v) is 3.22. The Morgan fingerprint density at radius 1 is 1.18 bits per heavy atom. The molecule has 116 valence electrons. The number of furan rings is 1. The van der Waals surface area contributed by atoms with Crippen LogP contribution in [0, 0.1) is 0 Å². The average Bonchev–Trinajstić information content (AvgIpc) is 3.14. The van der Waals surface area contributed by atoms with Crippen molar-refractivity contribution >= 4 is 33.7 Å². The molecule has 3 rings (SSSR count). The fraction of sp³-hybridized carbons (Fsp3) is 0.389. The van der Waals surface area contributed by atoms with Crippen LogP contribution in [-0.2, 0) is 0 Å². The van der Waals surface area contributed by atoms with Crippen molar-refractivity contribution in [1.82, 2.24) is 0 Å². The minimum Gasteiger partial charge on any atom is -0.438 e. The average molecular weight is 361 g/mol. The number of rotatable bonds is 4. The van der Waals surface area contributed by atoms with Crippen molar-refractivity contribution in [2.24, 2.45) is 4.99 Å². The summed E-state index contributed by atoms with van der Waals surface area (Å²) in [4.78, 5) is 6.78. The Bertz CT molecular complexity index is 652. The van der Waals surface area contributed by atoms with Crippen molar-refractivity contribution in [2.75, 3.05) is 18.0 Å². The molecule has 1 aromatic heterocycles. The Kier molecular flexibility index (Phi) is 4.67. The molecule has 0 saturated carbocycles. The highest BCUT2D eigenvalue weighted by Gasteiger charge is 2.19. The van der Waals surface area contributed by atoms with Gasteiger partial charge in [0.05, 0.1) is 16.4 Å². The monoisotopic (exact) mass is 360 g/mol. The van der Waals surface area contributed by atoms with Crippen LogP contribution in [0.1, 0.15) is 43.9 Å². The zero-order valence-electron chi connectivity index (χ0n) is 13.1. The predicted octanol–water partition coefficient (Wildman–Crippen LogP) is 5.52. The third-order valence-corrected chi connectivity index (χ3v) is 4.55. The van der Waals surface area contributed by atoms with Crippen LogP contribution in [0.5, 0.6) is 0 Å². The maximum absolute atomic E-state index is 5.91. The van der Waals surface area contributed by atoms with E-state index in [-0.39, 0.29) is 0 Å². The molecule has 0 bridgehead atoms. The Labute approximate surface area is 140 Å². The van der Waals surface area contributed by atoms with Crippen molar-refractivity contribution in [3.63, 3.8) is 0 Å². The summed E-state index contributed by atoms with van der Waals surface area (Å²) in [6.45, 7) is 6.52. The van der Waals surface area contributed by atoms with Crippen molar-refractivity contribution < 1.29 is 4.42 Å².